The van der Waals surface area contributed by atoms with E-state index in [1.54, 1.807) is 6.20 Å². The molecular formula is C13H16N4O2S. The molecule has 0 aliphatic rings. The lowest BCUT2D eigenvalue weighted by atomic mass is 10.3. The van der Waals surface area contributed by atoms with Gasteiger partial charge in [-0.1, -0.05) is 0 Å². The Morgan fingerprint density at radius 1 is 1.40 bits per heavy atom. The average Bonchev–Trinajstić information content (AvgIpc) is 2.91. The smallest absolute Gasteiger partial charge is 0.355 e. The van der Waals surface area contributed by atoms with E-state index in [2.05, 4.69) is 34.0 Å². The van der Waals surface area contributed by atoms with E-state index >= 15 is 0 Å². The number of hydrogen-bond acceptors (Lipinski definition) is 6. The zero-order valence-corrected chi connectivity index (χ0v) is 12.1. The van der Waals surface area contributed by atoms with Gasteiger partial charge in [0.2, 0.25) is 0 Å². The zero-order chi connectivity index (χ0) is 14.5. The van der Waals surface area contributed by atoms with Crippen LogP contribution in [-0.2, 0) is 0 Å². The number of pyridine rings is 1. The molecule has 7 heteroatoms. The van der Waals surface area contributed by atoms with Gasteiger partial charge in [-0.3, -0.25) is 0 Å². The highest BCUT2D eigenvalue weighted by atomic mass is 32.1. The Morgan fingerprint density at radius 2 is 2.15 bits per heavy atom. The van der Waals surface area contributed by atoms with Gasteiger partial charge in [0.05, 0.1) is 11.9 Å². The maximum Gasteiger partial charge on any atom is 0.355 e. The Hall–Kier alpha value is -2.15. The largest absolute Gasteiger partial charge is 0.476 e. The predicted molar refractivity (Wildman–Crippen MR) is 80.2 cm³/mol. The standard InChI is InChI=1S/C13H16N4O2S/c1-3-17(4-2)11-6-5-9(7-14-11)15-13-16-10(8-20-13)12(18)19/h5-8H,3-4H2,1-2H3,(H,15,16)(H,18,19). The fourth-order valence-electron chi connectivity index (χ4n) is 1.75. The van der Waals surface area contributed by atoms with Crippen LogP contribution in [-0.4, -0.2) is 34.1 Å². The van der Waals surface area contributed by atoms with Crippen molar-refractivity contribution in [3.63, 3.8) is 0 Å². The molecule has 0 saturated heterocycles. The van der Waals surface area contributed by atoms with Crippen LogP contribution in [0.1, 0.15) is 24.3 Å². The van der Waals surface area contributed by atoms with Crippen molar-refractivity contribution in [1.82, 2.24) is 9.97 Å². The number of nitrogens with zero attached hydrogens (tertiary/aromatic N) is 3. The van der Waals surface area contributed by atoms with Crippen LogP contribution in [0.15, 0.2) is 23.7 Å². The van der Waals surface area contributed by atoms with Crippen molar-refractivity contribution in [3.05, 3.63) is 29.4 Å². The summed E-state index contributed by atoms with van der Waals surface area (Å²) >= 11 is 1.25. The van der Waals surface area contributed by atoms with Crippen molar-refractivity contribution < 1.29 is 9.90 Å². The SMILES string of the molecule is CCN(CC)c1ccc(Nc2nc(C(=O)O)cs2)cn1. The minimum Gasteiger partial charge on any atom is -0.476 e. The van der Waals surface area contributed by atoms with Crippen LogP contribution in [0.3, 0.4) is 0 Å². The molecule has 0 aliphatic heterocycles. The minimum atomic E-state index is -1.02. The maximum atomic E-state index is 10.8. The molecule has 0 saturated carbocycles. The van der Waals surface area contributed by atoms with E-state index < -0.39 is 5.97 Å². The number of carbonyl (C=O) groups is 1. The van der Waals surface area contributed by atoms with Gasteiger partial charge in [-0.05, 0) is 26.0 Å². The second-order valence-electron chi connectivity index (χ2n) is 4.05. The fourth-order valence-corrected chi connectivity index (χ4v) is 2.45. The van der Waals surface area contributed by atoms with Crippen molar-refractivity contribution in [2.75, 3.05) is 23.3 Å². The van der Waals surface area contributed by atoms with E-state index in [9.17, 15) is 4.79 Å². The summed E-state index contributed by atoms with van der Waals surface area (Å²) in [4.78, 5) is 21.2. The third-order valence-corrected chi connectivity index (χ3v) is 3.57. The first-order valence-corrected chi connectivity index (χ1v) is 7.18. The second-order valence-corrected chi connectivity index (χ2v) is 4.90. The molecule has 0 amide bonds. The van der Waals surface area contributed by atoms with Gasteiger partial charge in [0, 0.05) is 18.5 Å². The van der Waals surface area contributed by atoms with Crippen molar-refractivity contribution in [1.29, 1.82) is 0 Å². The Bertz CT molecular complexity index is 578. The molecule has 2 heterocycles. The van der Waals surface area contributed by atoms with Gasteiger partial charge in [-0.25, -0.2) is 14.8 Å². The lowest BCUT2D eigenvalue weighted by Crippen LogP contribution is -2.22. The summed E-state index contributed by atoms with van der Waals surface area (Å²) in [5, 5.41) is 13.9. The highest BCUT2D eigenvalue weighted by Crippen LogP contribution is 2.21. The number of thiazole rings is 1. The summed E-state index contributed by atoms with van der Waals surface area (Å²) in [7, 11) is 0. The number of aromatic carboxylic acids is 1. The maximum absolute atomic E-state index is 10.8. The quantitative estimate of drug-likeness (QED) is 0.852. The number of carboxylic acids is 1. The summed E-state index contributed by atoms with van der Waals surface area (Å²) in [6.45, 7) is 5.98. The van der Waals surface area contributed by atoms with Gasteiger partial charge in [0.1, 0.15) is 5.82 Å². The highest BCUT2D eigenvalue weighted by molar-refractivity contribution is 7.14. The molecule has 2 aromatic heterocycles. The third-order valence-electron chi connectivity index (χ3n) is 2.81. The first-order chi connectivity index (χ1) is 9.63. The van der Waals surface area contributed by atoms with Crippen LogP contribution < -0.4 is 10.2 Å². The molecule has 2 rings (SSSR count). The fraction of sp³-hybridized carbons (Fsp3) is 0.308. The molecule has 0 atom stereocenters. The van der Waals surface area contributed by atoms with Crippen molar-refractivity contribution in [3.8, 4) is 0 Å². The van der Waals surface area contributed by atoms with Crippen molar-refractivity contribution >= 4 is 33.9 Å². The van der Waals surface area contributed by atoms with Gasteiger partial charge in [-0.15, -0.1) is 11.3 Å². The molecule has 0 unspecified atom stereocenters. The summed E-state index contributed by atoms with van der Waals surface area (Å²) in [5.41, 5.74) is 0.831. The molecule has 0 aliphatic carbocycles. The summed E-state index contributed by atoms with van der Waals surface area (Å²) in [5.74, 6) is -0.102. The Kier molecular flexibility index (Phi) is 4.52. The summed E-state index contributed by atoms with van der Waals surface area (Å²) < 4.78 is 0. The first kappa shape index (κ1) is 14.3. The molecule has 2 aromatic rings. The van der Waals surface area contributed by atoms with E-state index in [1.807, 2.05) is 12.1 Å². The third kappa shape index (κ3) is 3.24. The topological polar surface area (TPSA) is 78.4 Å². The highest BCUT2D eigenvalue weighted by Gasteiger charge is 2.09. The van der Waals surface area contributed by atoms with Crippen LogP contribution in [0, 0.1) is 0 Å². The monoisotopic (exact) mass is 292 g/mol. The van der Waals surface area contributed by atoms with E-state index in [4.69, 9.17) is 5.11 Å². The molecule has 106 valence electrons. The molecule has 2 N–H and O–H groups in total. The normalized spacial score (nSPS) is 10.3. The predicted octanol–water partition coefficient (Wildman–Crippen LogP) is 2.83. The van der Waals surface area contributed by atoms with Gasteiger partial charge in [-0.2, -0.15) is 0 Å². The van der Waals surface area contributed by atoms with Crippen molar-refractivity contribution in [2.24, 2.45) is 0 Å². The lowest BCUT2D eigenvalue weighted by Gasteiger charge is -2.19. The summed E-state index contributed by atoms with van der Waals surface area (Å²) in [6, 6.07) is 3.84. The lowest BCUT2D eigenvalue weighted by molar-refractivity contribution is 0.0691. The number of aromatic nitrogens is 2. The summed E-state index contributed by atoms with van der Waals surface area (Å²) in [6.07, 6.45) is 1.72. The molecule has 0 radical (unpaired) electrons. The van der Waals surface area contributed by atoms with Gasteiger partial charge in [0.15, 0.2) is 10.8 Å². The molecule has 20 heavy (non-hydrogen) atoms. The minimum absolute atomic E-state index is 0.0465. The number of rotatable bonds is 6. The molecule has 0 bridgehead atoms. The first-order valence-electron chi connectivity index (χ1n) is 6.30. The molecule has 0 aromatic carbocycles. The molecular weight excluding hydrogens is 276 g/mol. The van der Waals surface area contributed by atoms with E-state index in [-0.39, 0.29) is 5.69 Å². The van der Waals surface area contributed by atoms with Crippen LogP contribution in [0.5, 0.6) is 0 Å². The number of carboxylic acid groups (broad SMARTS) is 1. The second kappa shape index (κ2) is 6.33. The van der Waals surface area contributed by atoms with Gasteiger partial charge >= 0.3 is 5.97 Å². The molecule has 0 fully saturated rings. The van der Waals surface area contributed by atoms with Crippen LogP contribution >= 0.6 is 11.3 Å². The Labute approximate surface area is 121 Å². The number of anilines is 3. The van der Waals surface area contributed by atoms with Crippen LogP contribution in [0.4, 0.5) is 16.6 Å². The Balaban J connectivity index is 2.08. The average molecular weight is 292 g/mol. The van der Waals surface area contributed by atoms with Crippen molar-refractivity contribution in [2.45, 2.75) is 13.8 Å². The van der Waals surface area contributed by atoms with E-state index in [0.29, 0.717) is 5.13 Å². The van der Waals surface area contributed by atoms with Gasteiger partial charge in [0.25, 0.3) is 0 Å². The van der Waals surface area contributed by atoms with Crippen LogP contribution in [0.25, 0.3) is 0 Å². The molecule has 6 nitrogen and oxygen atoms in total. The van der Waals surface area contributed by atoms with E-state index in [1.165, 1.54) is 16.7 Å². The van der Waals surface area contributed by atoms with E-state index in [0.717, 1.165) is 24.6 Å². The Morgan fingerprint density at radius 3 is 2.65 bits per heavy atom. The zero-order valence-electron chi connectivity index (χ0n) is 11.3. The van der Waals surface area contributed by atoms with Gasteiger partial charge < -0.3 is 15.3 Å². The van der Waals surface area contributed by atoms with Crippen LogP contribution in [0.2, 0.25) is 0 Å². The molecule has 0 spiro atoms. The number of nitrogens with one attached hydrogen (secondary N) is 1. The number of hydrogen-bond donors (Lipinski definition) is 2.